The van der Waals surface area contributed by atoms with Gasteiger partial charge in [0, 0.05) is 0 Å². The molecule has 52 valence electrons. The van der Waals surface area contributed by atoms with Crippen molar-refractivity contribution in [3.8, 4) is 0 Å². The van der Waals surface area contributed by atoms with Crippen LogP contribution in [0.15, 0.2) is 0 Å². The molecule has 1 aliphatic rings. The fourth-order valence-electron chi connectivity index (χ4n) is 0.757. The Morgan fingerprint density at radius 3 is 2.22 bits per heavy atom. The topological polar surface area (TPSA) is 9.23 Å². The van der Waals surface area contributed by atoms with E-state index in [1.54, 1.807) is 0 Å². The van der Waals surface area contributed by atoms with E-state index in [0.717, 1.165) is 12.8 Å². The maximum Gasteiger partial charge on any atom is 0.0580 e. The summed E-state index contributed by atoms with van der Waals surface area (Å²) in [6.07, 6.45) is 5.09. The van der Waals surface area contributed by atoms with Gasteiger partial charge >= 0.3 is 0 Å². The second kappa shape index (κ2) is 3.21. The van der Waals surface area contributed by atoms with Crippen molar-refractivity contribution < 1.29 is 4.74 Å². The van der Waals surface area contributed by atoms with Crippen LogP contribution in [0.4, 0.5) is 0 Å². The molecular formula is C8H14O. The van der Waals surface area contributed by atoms with Crippen molar-refractivity contribution in [1.29, 1.82) is 0 Å². The first-order valence-corrected chi connectivity index (χ1v) is 3.60. The Morgan fingerprint density at radius 2 is 1.89 bits per heavy atom. The van der Waals surface area contributed by atoms with Crippen molar-refractivity contribution >= 4 is 0 Å². The molecule has 1 rings (SSSR count). The first kappa shape index (κ1) is 7.07. The van der Waals surface area contributed by atoms with Crippen LogP contribution >= 0.6 is 0 Å². The van der Waals surface area contributed by atoms with Crippen LogP contribution < -0.4 is 0 Å². The molecule has 1 nitrogen and oxygen atoms in total. The molecule has 0 aromatic heterocycles. The van der Waals surface area contributed by atoms with Gasteiger partial charge in [-0.1, -0.05) is 13.8 Å². The van der Waals surface area contributed by atoms with Gasteiger partial charge in [-0.3, -0.25) is 0 Å². The summed E-state index contributed by atoms with van der Waals surface area (Å²) in [4.78, 5) is 0. The molecule has 9 heavy (non-hydrogen) atoms. The van der Waals surface area contributed by atoms with Crippen LogP contribution in [0.25, 0.3) is 0 Å². The molecule has 0 aromatic carbocycles. The third-order valence-electron chi connectivity index (χ3n) is 1.55. The molecule has 2 radical (unpaired) electrons. The zero-order valence-electron chi connectivity index (χ0n) is 5.81. The van der Waals surface area contributed by atoms with E-state index in [4.69, 9.17) is 4.74 Å². The molecule has 1 fully saturated rings. The van der Waals surface area contributed by atoms with E-state index in [9.17, 15) is 0 Å². The molecule has 0 unspecified atom stereocenters. The lowest BCUT2D eigenvalue weighted by molar-refractivity contribution is 0.0432. The maximum atomic E-state index is 5.53. The minimum absolute atomic E-state index is 0.317. The van der Waals surface area contributed by atoms with Gasteiger partial charge in [0.2, 0.25) is 0 Å². The van der Waals surface area contributed by atoms with Crippen molar-refractivity contribution in [3.63, 3.8) is 0 Å². The predicted molar refractivity (Wildman–Crippen MR) is 37.8 cm³/mol. The predicted octanol–water partition coefficient (Wildman–Crippen LogP) is 1.98. The van der Waals surface area contributed by atoms with Crippen LogP contribution in [0.2, 0.25) is 0 Å². The summed E-state index contributed by atoms with van der Waals surface area (Å²) in [5.74, 6) is 0. The lowest BCUT2D eigenvalue weighted by Crippen LogP contribution is -2.11. The lowest BCUT2D eigenvalue weighted by atomic mass is 10.2. The van der Waals surface area contributed by atoms with Gasteiger partial charge in [0.25, 0.3) is 0 Å². The third-order valence-corrected chi connectivity index (χ3v) is 1.55. The van der Waals surface area contributed by atoms with Gasteiger partial charge in [-0.05, 0) is 25.7 Å². The van der Waals surface area contributed by atoms with Crippen molar-refractivity contribution in [3.05, 3.63) is 13.8 Å². The Kier molecular flexibility index (Phi) is 2.52. The molecule has 0 bridgehead atoms. The molecule has 0 aliphatic heterocycles. The van der Waals surface area contributed by atoms with E-state index in [2.05, 4.69) is 13.8 Å². The molecule has 0 aromatic rings. The SMILES string of the molecule is [CH2]CC(C[CH2])OC1CC1. The van der Waals surface area contributed by atoms with Gasteiger partial charge in [-0.15, -0.1) is 0 Å². The van der Waals surface area contributed by atoms with Gasteiger partial charge in [-0.25, -0.2) is 0 Å². The Labute approximate surface area is 57.4 Å². The number of hydrogen-bond donors (Lipinski definition) is 0. The fraction of sp³-hybridized carbons (Fsp3) is 0.750. The molecular weight excluding hydrogens is 112 g/mol. The number of ether oxygens (including phenoxy) is 1. The maximum absolute atomic E-state index is 5.53. The van der Waals surface area contributed by atoms with Crippen LogP contribution in [0.5, 0.6) is 0 Å². The molecule has 0 amide bonds. The standard InChI is InChI=1S/C8H14O/c1-3-7(4-2)9-8-5-6-8/h7-8H,1-6H2. The van der Waals surface area contributed by atoms with Crippen LogP contribution in [0.1, 0.15) is 25.7 Å². The average molecular weight is 126 g/mol. The van der Waals surface area contributed by atoms with Gasteiger partial charge in [-0.2, -0.15) is 0 Å². The number of hydrogen-bond acceptors (Lipinski definition) is 1. The van der Waals surface area contributed by atoms with Crippen molar-refractivity contribution in [2.24, 2.45) is 0 Å². The minimum Gasteiger partial charge on any atom is -0.375 e. The first-order valence-electron chi connectivity index (χ1n) is 3.60. The highest BCUT2D eigenvalue weighted by molar-refractivity contribution is 4.76. The van der Waals surface area contributed by atoms with Gasteiger partial charge < -0.3 is 4.74 Å². The highest BCUT2D eigenvalue weighted by Gasteiger charge is 2.24. The van der Waals surface area contributed by atoms with Crippen LogP contribution in [0.3, 0.4) is 0 Å². The Balaban J connectivity index is 2.05. The summed E-state index contributed by atoms with van der Waals surface area (Å²) in [6, 6.07) is 0. The fourth-order valence-corrected chi connectivity index (χ4v) is 0.757. The zero-order valence-corrected chi connectivity index (χ0v) is 5.81. The average Bonchev–Trinajstić information content (AvgIpc) is 2.66. The van der Waals surface area contributed by atoms with E-state index in [1.807, 2.05) is 0 Å². The van der Waals surface area contributed by atoms with Crippen LogP contribution in [0, 0.1) is 13.8 Å². The molecule has 0 heterocycles. The molecule has 0 N–H and O–H groups in total. The Morgan fingerprint density at radius 1 is 1.33 bits per heavy atom. The molecule has 0 spiro atoms. The summed E-state index contributed by atoms with van der Waals surface area (Å²) < 4.78 is 5.53. The van der Waals surface area contributed by atoms with E-state index in [1.165, 1.54) is 12.8 Å². The highest BCUT2D eigenvalue weighted by atomic mass is 16.5. The zero-order chi connectivity index (χ0) is 6.69. The van der Waals surface area contributed by atoms with Crippen molar-refractivity contribution in [1.82, 2.24) is 0 Å². The van der Waals surface area contributed by atoms with Gasteiger partial charge in [0.1, 0.15) is 0 Å². The van der Waals surface area contributed by atoms with E-state index >= 15 is 0 Å². The Hall–Kier alpha value is -0.0400. The van der Waals surface area contributed by atoms with E-state index < -0.39 is 0 Å². The largest absolute Gasteiger partial charge is 0.375 e. The van der Waals surface area contributed by atoms with E-state index in [-0.39, 0.29) is 0 Å². The molecule has 1 heteroatoms. The van der Waals surface area contributed by atoms with Crippen molar-refractivity contribution in [2.45, 2.75) is 37.9 Å². The monoisotopic (exact) mass is 126 g/mol. The smallest absolute Gasteiger partial charge is 0.0580 e. The summed E-state index contributed by atoms with van der Waals surface area (Å²) in [7, 11) is 0. The summed E-state index contributed by atoms with van der Waals surface area (Å²) >= 11 is 0. The Bertz CT molecular complexity index is 72.6. The minimum atomic E-state index is 0.317. The van der Waals surface area contributed by atoms with Crippen LogP contribution in [-0.4, -0.2) is 12.2 Å². The van der Waals surface area contributed by atoms with E-state index in [0.29, 0.717) is 12.2 Å². The highest BCUT2D eigenvalue weighted by Crippen LogP contribution is 2.26. The van der Waals surface area contributed by atoms with Gasteiger partial charge in [0.05, 0.1) is 12.2 Å². The summed E-state index contributed by atoms with van der Waals surface area (Å²) in [5.41, 5.74) is 0. The molecule has 0 saturated heterocycles. The normalized spacial score (nSPS) is 19.0. The number of rotatable bonds is 4. The first-order chi connectivity index (χ1) is 4.36. The van der Waals surface area contributed by atoms with Crippen molar-refractivity contribution in [2.75, 3.05) is 0 Å². The molecule has 0 atom stereocenters. The lowest BCUT2D eigenvalue weighted by Gasteiger charge is -2.11. The quantitative estimate of drug-likeness (QED) is 0.559. The summed E-state index contributed by atoms with van der Waals surface area (Å²) in [5, 5.41) is 0. The molecule has 1 aliphatic carbocycles. The third kappa shape index (κ3) is 2.35. The summed E-state index contributed by atoms with van der Waals surface area (Å²) in [6.45, 7) is 7.55. The second-order valence-electron chi connectivity index (χ2n) is 2.53. The second-order valence-corrected chi connectivity index (χ2v) is 2.53. The molecule has 1 saturated carbocycles. The van der Waals surface area contributed by atoms with Gasteiger partial charge in [0.15, 0.2) is 0 Å². The van der Waals surface area contributed by atoms with Crippen LogP contribution in [-0.2, 0) is 4.74 Å².